The van der Waals surface area contributed by atoms with Crippen LogP contribution in [0.2, 0.25) is 0 Å². The number of fused-ring (bicyclic) bond motifs is 2. The second-order valence-corrected chi connectivity index (χ2v) is 7.78. The molecule has 0 spiro atoms. The van der Waals surface area contributed by atoms with Gasteiger partial charge >= 0.3 is 5.97 Å². The van der Waals surface area contributed by atoms with E-state index in [2.05, 4.69) is 22.1 Å². The van der Waals surface area contributed by atoms with E-state index in [4.69, 9.17) is 9.47 Å². The number of aromatic nitrogens is 2. The van der Waals surface area contributed by atoms with Gasteiger partial charge in [-0.25, -0.2) is 9.78 Å². The molecule has 1 N–H and O–H groups in total. The maximum Gasteiger partial charge on any atom is 0.347 e. The zero-order valence-electron chi connectivity index (χ0n) is 17.8. The molecule has 2 aliphatic heterocycles. The number of hydrogen-bond acceptors (Lipinski definition) is 6. The molecule has 0 atom stereocenters. The first kappa shape index (κ1) is 20.1. The Morgan fingerprint density at radius 3 is 2.94 bits per heavy atom. The summed E-state index contributed by atoms with van der Waals surface area (Å²) in [7, 11) is 0. The number of Topliss-reactive ketones (excluding diaryl/α,β-unsaturated/α-hetero) is 1. The highest BCUT2D eigenvalue weighted by molar-refractivity contribution is 6.26. The van der Waals surface area contributed by atoms with Crippen LogP contribution in [-0.4, -0.2) is 39.8 Å². The molecule has 0 unspecified atom stereocenters. The number of nitrogens with zero attached hydrogens (tertiary/aromatic N) is 2. The summed E-state index contributed by atoms with van der Waals surface area (Å²) < 4.78 is 11.3. The van der Waals surface area contributed by atoms with Crippen LogP contribution in [0.25, 0.3) is 17.1 Å². The van der Waals surface area contributed by atoms with Crippen molar-refractivity contribution in [3.63, 3.8) is 0 Å². The van der Waals surface area contributed by atoms with Crippen molar-refractivity contribution in [2.75, 3.05) is 13.2 Å². The van der Waals surface area contributed by atoms with E-state index in [1.165, 1.54) is 5.56 Å². The van der Waals surface area contributed by atoms with Gasteiger partial charge in [0.15, 0.2) is 11.3 Å². The van der Waals surface area contributed by atoms with Gasteiger partial charge in [0.2, 0.25) is 11.7 Å². The van der Waals surface area contributed by atoms with Gasteiger partial charge in [-0.05, 0) is 49.1 Å². The normalized spacial score (nSPS) is 17.5. The fraction of sp³-hybridized carbons (Fsp3) is 0.240. The van der Waals surface area contributed by atoms with Crippen LogP contribution in [0, 0.1) is 0 Å². The number of hydrogen-bond donors (Lipinski definition) is 1. The molecule has 2 aliphatic rings. The number of allylic oxidation sites excluding steroid dienone is 1. The van der Waals surface area contributed by atoms with Crippen molar-refractivity contribution in [2.24, 2.45) is 0 Å². The number of ketones is 1. The van der Waals surface area contributed by atoms with Crippen LogP contribution in [0.5, 0.6) is 0 Å². The molecule has 0 fully saturated rings. The minimum atomic E-state index is -0.658. The lowest BCUT2D eigenvalue weighted by Crippen LogP contribution is -2.26. The SMILES string of the molecule is CCOC(=O)C1=C(N2CCCc3ccccc3C2)OC(=Cc2c[nH]c3ncccc23)C1=O. The molecule has 0 aliphatic carbocycles. The van der Waals surface area contributed by atoms with Crippen molar-refractivity contribution in [3.8, 4) is 0 Å². The highest BCUT2D eigenvalue weighted by Gasteiger charge is 2.39. The van der Waals surface area contributed by atoms with E-state index in [0.29, 0.717) is 18.7 Å². The largest absolute Gasteiger partial charge is 0.462 e. The van der Waals surface area contributed by atoms with E-state index in [-0.39, 0.29) is 23.8 Å². The lowest BCUT2D eigenvalue weighted by molar-refractivity contribution is -0.139. The summed E-state index contributed by atoms with van der Waals surface area (Å²) >= 11 is 0. The smallest absolute Gasteiger partial charge is 0.347 e. The molecule has 162 valence electrons. The lowest BCUT2D eigenvalue weighted by atomic mass is 10.0. The topological polar surface area (TPSA) is 84.5 Å². The number of aromatic amines is 1. The molecule has 1 aromatic carbocycles. The van der Waals surface area contributed by atoms with Crippen LogP contribution in [0.3, 0.4) is 0 Å². The standard InChI is InChI=1S/C25H23N3O4/c1-2-31-25(30)21-22(29)20(13-18-14-27-23-19(18)10-5-11-26-23)32-24(21)28-12-6-9-16-7-3-4-8-17(16)15-28/h3-5,7-8,10-11,13-14H,2,6,9,12,15H2,1H3,(H,26,27). The Morgan fingerprint density at radius 2 is 2.09 bits per heavy atom. The molecule has 7 nitrogen and oxygen atoms in total. The molecule has 2 aromatic heterocycles. The Bertz CT molecular complexity index is 1270. The van der Waals surface area contributed by atoms with Crippen LogP contribution in [0.15, 0.2) is 66.0 Å². The Labute approximate surface area is 185 Å². The monoisotopic (exact) mass is 429 g/mol. The number of carbonyl (C=O) groups excluding carboxylic acids is 2. The van der Waals surface area contributed by atoms with Crippen LogP contribution < -0.4 is 0 Å². The molecule has 4 heterocycles. The first-order valence-corrected chi connectivity index (χ1v) is 10.7. The summed E-state index contributed by atoms with van der Waals surface area (Å²) in [5.74, 6) is -0.747. The molecule has 5 rings (SSSR count). The number of H-pyrrole nitrogens is 1. The van der Waals surface area contributed by atoms with E-state index in [0.717, 1.165) is 29.4 Å². The molecule has 0 saturated carbocycles. The van der Waals surface area contributed by atoms with Gasteiger partial charge in [0.1, 0.15) is 5.65 Å². The summed E-state index contributed by atoms with van der Waals surface area (Å²) in [5, 5.41) is 0.867. The third-order valence-electron chi connectivity index (χ3n) is 5.76. The molecule has 0 amide bonds. The van der Waals surface area contributed by atoms with Gasteiger partial charge in [-0.15, -0.1) is 0 Å². The molecule has 0 saturated heterocycles. The second-order valence-electron chi connectivity index (χ2n) is 7.78. The highest BCUT2D eigenvalue weighted by atomic mass is 16.5. The first-order chi connectivity index (χ1) is 15.7. The summed E-state index contributed by atoms with van der Waals surface area (Å²) in [4.78, 5) is 35.3. The van der Waals surface area contributed by atoms with Gasteiger partial charge in [0.25, 0.3) is 0 Å². The number of esters is 1. The summed E-state index contributed by atoms with van der Waals surface area (Å²) in [5.41, 5.74) is 3.88. The molecule has 0 radical (unpaired) electrons. The number of rotatable bonds is 4. The van der Waals surface area contributed by atoms with Crippen LogP contribution >= 0.6 is 0 Å². The summed E-state index contributed by atoms with van der Waals surface area (Å²) in [6.45, 7) is 3.13. The van der Waals surface area contributed by atoms with E-state index >= 15 is 0 Å². The van der Waals surface area contributed by atoms with Gasteiger partial charge in [0.05, 0.1) is 6.61 Å². The predicted octanol–water partition coefficient (Wildman–Crippen LogP) is 3.73. The fourth-order valence-corrected chi connectivity index (χ4v) is 4.23. The summed E-state index contributed by atoms with van der Waals surface area (Å²) in [6.07, 6.45) is 6.95. The predicted molar refractivity (Wildman–Crippen MR) is 119 cm³/mol. The Balaban J connectivity index is 1.53. The lowest BCUT2D eigenvalue weighted by Gasteiger charge is -2.23. The van der Waals surface area contributed by atoms with Gasteiger partial charge in [-0.1, -0.05) is 24.3 Å². The number of carbonyl (C=O) groups is 2. The Kier molecular flexibility index (Phi) is 5.23. The maximum absolute atomic E-state index is 13.3. The van der Waals surface area contributed by atoms with Crippen molar-refractivity contribution in [1.82, 2.24) is 14.9 Å². The van der Waals surface area contributed by atoms with Gasteiger partial charge in [0, 0.05) is 36.4 Å². The summed E-state index contributed by atoms with van der Waals surface area (Å²) in [6, 6.07) is 12.0. The fourth-order valence-electron chi connectivity index (χ4n) is 4.23. The van der Waals surface area contributed by atoms with Gasteiger partial charge < -0.3 is 19.4 Å². The minimum Gasteiger partial charge on any atom is -0.462 e. The average molecular weight is 429 g/mol. The Morgan fingerprint density at radius 1 is 1.25 bits per heavy atom. The van der Waals surface area contributed by atoms with E-state index in [1.54, 1.807) is 25.4 Å². The third-order valence-corrected chi connectivity index (χ3v) is 5.76. The van der Waals surface area contributed by atoms with Gasteiger partial charge in [-0.3, -0.25) is 4.79 Å². The van der Waals surface area contributed by atoms with Crippen molar-refractivity contribution >= 4 is 28.9 Å². The van der Waals surface area contributed by atoms with Crippen LogP contribution in [-0.2, 0) is 32.0 Å². The third kappa shape index (κ3) is 3.56. The van der Waals surface area contributed by atoms with Gasteiger partial charge in [-0.2, -0.15) is 0 Å². The van der Waals surface area contributed by atoms with Crippen molar-refractivity contribution < 1.29 is 19.1 Å². The number of benzene rings is 1. The molecule has 0 bridgehead atoms. The molecule has 3 aromatic rings. The number of aryl methyl sites for hydroxylation is 1. The first-order valence-electron chi connectivity index (χ1n) is 10.7. The second kappa shape index (κ2) is 8.34. The average Bonchev–Trinajstić information content (AvgIpc) is 3.27. The molecular weight excluding hydrogens is 406 g/mol. The van der Waals surface area contributed by atoms with Crippen molar-refractivity contribution in [2.45, 2.75) is 26.3 Å². The number of nitrogens with one attached hydrogen (secondary N) is 1. The molecule has 7 heteroatoms. The Hall–Kier alpha value is -3.87. The molecular formula is C25H23N3O4. The van der Waals surface area contributed by atoms with E-state index in [9.17, 15) is 9.59 Å². The number of pyridine rings is 1. The van der Waals surface area contributed by atoms with E-state index in [1.807, 2.05) is 29.2 Å². The quantitative estimate of drug-likeness (QED) is 0.387. The number of ether oxygens (including phenoxy) is 2. The zero-order chi connectivity index (χ0) is 22.1. The van der Waals surface area contributed by atoms with Crippen LogP contribution in [0.1, 0.15) is 30.0 Å². The van der Waals surface area contributed by atoms with E-state index < -0.39 is 11.8 Å². The molecule has 32 heavy (non-hydrogen) atoms. The minimum absolute atomic E-state index is 0.0459. The van der Waals surface area contributed by atoms with Crippen molar-refractivity contribution in [1.29, 1.82) is 0 Å². The maximum atomic E-state index is 13.3. The highest BCUT2D eigenvalue weighted by Crippen LogP contribution is 2.33. The van der Waals surface area contributed by atoms with Crippen molar-refractivity contribution in [3.05, 3.63) is 82.7 Å². The van der Waals surface area contributed by atoms with Crippen LogP contribution in [0.4, 0.5) is 0 Å². The zero-order valence-corrected chi connectivity index (χ0v) is 17.8.